The number of aryl methyl sites for hydroxylation is 1. The Kier molecular flexibility index (Phi) is 2.84. The van der Waals surface area contributed by atoms with Gasteiger partial charge in [-0.25, -0.2) is 9.97 Å². The largest absolute Gasteiger partial charge is 0.396 e. The standard InChI is InChI=1S/C12H16N6/c13-9-6-17-18(7-9)5-4-14-12-10-2-1-3-11(10)15-8-16-12/h6-8H,1-5,13H2,(H,14,15,16). The number of fused-ring (bicyclic) bond motifs is 1. The molecule has 0 aliphatic heterocycles. The van der Waals surface area contributed by atoms with Gasteiger partial charge in [-0.3, -0.25) is 4.68 Å². The molecule has 0 atom stereocenters. The predicted octanol–water partition coefficient (Wildman–Crippen LogP) is 0.856. The van der Waals surface area contributed by atoms with E-state index in [0.29, 0.717) is 5.69 Å². The number of rotatable bonds is 4. The fourth-order valence-corrected chi connectivity index (χ4v) is 2.30. The Morgan fingerprint density at radius 2 is 2.28 bits per heavy atom. The molecule has 2 aromatic rings. The molecule has 6 heteroatoms. The van der Waals surface area contributed by atoms with Gasteiger partial charge in [0, 0.05) is 24.0 Å². The van der Waals surface area contributed by atoms with Crippen molar-refractivity contribution in [2.24, 2.45) is 0 Å². The van der Waals surface area contributed by atoms with Crippen LogP contribution in [0.4, 0.5) is 11.5 Å². The van der Waals surface area contributed by atoms with Gasteiger partial charge in [-0.2, -0.15) is 5.10 Å². The van der Waals surface area contributed by atoms with Crippen molar-refractivity contribution in [1.29, 1.82) is 0 Å². The van der Waals surface area contributed by atoms with E-state index in [2.05, 4.69) is 20.4 Å². The molecule has 0 saturated carbocycles. The van der Waals surface area contributed by atoms with Gasteiger partial charge in [-0.1, -0.05) is 0 Å². The summed E-state index contributed by atoms with van der Waals surface area (Å²) in [5.41, 5.74) is 8.77. The Labute approximate surface area is 105 Å². The van der Waals surface area contributed by atoms with Crippen molar-refractivity contribution in [3.05, 3.63) is 30.0 Å². The molecule has 0 aromatic carbocycles. The van der Waals surface area contributed by atoms with Crippen molar-refractivity contribution in [1.82, 2.24) is 19.7 Å². The van der Waals surface area contributed by atoms with Crippen LogP contribution in [-0.4, -0.2) is 26.3 Å². The molecular weight excluding hydrogens is 228 g/mol. The van der Waals surface area contributed by atoms with Crippen LogP contribution in [-0.2, 0) is 19.4 Å². The minimum absolute atomic E-state index is 0.693. The summed E-state index contributed by atoms with van der Waals surface area (Å²) in [5.74, 6) is 0.970. The quantitative estimate of drug-likeness (QED) is 0.833. The van der Waals surface area contributed by atoms with Crippen molar-refractivity contribution < 1.29 is 0 Å². The minimum Gasteiger partial charge on any atom is -0.396 e. The Hall–Kier alpha value is -2.11. The lowest BCUT2D eigenvalue weighted by Crippen LogP contribution is -2.13. The average molecular weight is 244 g/mol. The van der Waals surface area contributed by atoms with E-state index >= 15 is 0 Å². The Morgan fingerprint density at radius 1 is 1.33 bits per heavy atom. The third-order valence-electron chi connectivity index (χ3n) is 3.16. The fourth-order valence-electron chi connectivity index (χ4n) is 2.30. The van der Waals surface area contributed by atoms with Gasteiger partial charge in [0.15, 0.2) is 0 Å². The van der Waals surface area contributed by atoms with Crippen molar-refractivity contribution in [3.8, 4) is 0 Å². The highest BCUT2D eigenvalue weighted by Gasteiger charge is 2.16. The zero-order valence-corrected chi connectivity index (χ0v) is 10.1. The van der Waals surface area contributed by atoms with Crippen molar-refractivity contribution in [2.45, 2.75) is 25.8 Å². The first kappa shape index (κ1) is 11.0. The topological polar surface area (TPSA) is 81.6 Å². The summed E-state index contributed by atoms with van der Waals surface area (Å²) in [4.78, 5) is 8.61. The van der Waals surface area contributed by atoms with Gasteiger partial charge in [0.05, 0.1) is 18.4 Å². The van der Waals surface area contributed by atoms with E-state index in [1.54, 1.807) is 12.5 Å². The van der Waals surface area contributed by atoms with Crippen LogP contribution in [0.15, 0.2) is 18.7 Å². The van der Waals surface area contributed by atoms with Crippen LogP contribution in [0.3, 0.4) is 0 Å². The van der Waals surface area contributed by atoms with Crippen LogP contribution in [0, 0.1) is 0 Å². The van der Waals surface area contributed by atoms with E-state index in [0.717, 1.165) is 31.7 Å². The molecule has 1 aliphatic rings. The number of nitrogens with zero attached hydrogens (tertiary/aromatic N) is 4. The van der Waals surface area contributed by atoms with Crippen molar-refractivity contribution in [2.75, 3.05) is 17.6 Å². The molecule has 0 bridgehead atoms. The second kappa shape index (κ2) is 4.64. The lowest BCUT2D eigenvalue weighted by molar-refractivity contribution is 0.637. The minimum atomic E-state index is 0.693. The van der Waals surface area contributed by atoms with Gasteiger partial charge in [-0.15, -0.1) is 0 Å². The second-order valence-corrected chi connectivity index (χ2v) is 4.46. The summed E-state index contributed by atoms with van der Waals surface area (Å²) in [6, 6.07) is 0. The number of aromatic nitrogens is 4. The molecule has 6 nitrogen and oxygen atoms in total. The Morgan fingerprint density at radius 3 is 3.11 bits per heavy atom. The number of nitrogens with two attached hydrogens (primary N) is 1. The summed E-state index contributed by atoms with van der Waals surface area (Å²) in [7, 11) is 0. The van der Waals surface area contributed by atoms with Crippen LogP contribution >= 0.6 is 0 Å². The molecule has 0 amide bonds. The molecule has 2 heterocycles. The highest BCUT2D eigenvalue weighted by Crippen LogP contribution is 2.24. The molecule has 3 N–H and O–H groups in total. The molecule has 3 rings (SSSR count). The first-order valence-electron chi connectivity index (χ1n) is 6.17. The normalized spacial score (nSPS) is 13.6. The van der Waals surface area contributed by atoms with Crippen LogP contribution in [0.25, 0.3) is 0 Å². The SMILES string of the molecule is Nc1cnn(CCNc2ncnc3c2CCC3)c1. The monoisotopic (exact) mass is 244 g/mol. The molecule has 94 valence electrons. The summed E-state index contributed by atoms with van der Waals surface area (Å²) < 4.78 is 1.82. The molecule has 1 aliphatic carbocycles. The van der Waals surface area contributed by atoms with E-state index in [1.807, 2.05) is 10.9 Å². The van der Waals surface area contributed by atoms with E-state index in [1.165, 1.54) is 17.7 Å². The van der Waals surface area contributed by atoms with Gasteiger partial charge in [0.1, 0.15) is 12.1 Å². The number of nitrogen functional groups attached to an aromatic ring is 1. The van der Waals surface area contributed by atoms with Gasteiger partial charge in [0.25, 0.3) is 0 Å². The maximum absolute atomic E-state index is 5.61. The number of nitrogens with one attached hydrogen (secondary N) is 1. The summed E-state index contributed by atoms with van der Waals surface area (Å²) >= 11 is 0. The first-order chi connectivity index (χ1) is 8.83. The highest BCUT2D eigenvalue weighted by molar-refractivity contribution is 5.47. The second-order valence-electron chi connectivity index (χ2n) is 4.46. The molecular formula is C12H16N6. The number of anilines is 2. The van der Waals surface area contributed by atoms with Crippen LogP contribution < -0.4 is 11.1 Å². The molecule has 0 fully saturated rings. The predicted molar refractivity (Wildman–Crippen MR) is 69.2 cm³/mol. The number of hydrogen-bond acceptors (Lipinski definition) is 5. The summed E-state index contributed by atoms with van der Waals surface area (Å²) in [6.45, 7) is 1.56. The van der Waals surface area contributed by atoms with Gasteiger partial charge in [0.2, 0.25) is 0 Å². The van der Waals surface area contributed by atoms with Crippen LogP contribution in [0.1, 0.15) is 17.7 Å². The maximum Gasteiger partial charge on any atom is 0.132 e. The molecule has 18 heavy (non-hydrogen) atoms. The molecule has 2 aromatic heterocycles. The van der Waals surface area contributed by atoms with Gasteiger partial charge in [-0.05, 0) is 19.3 Å². The third-order valence-corrected chi connectivity index (χ3v) is 3.16. The maximum atomic E-state index is 5.61. The van der Waals surface area contributed by atoms with Crippen molar-refractivity contribution in [3.63, 3.8) is 0 Å². The molecule has 0 unspecified atom stereocenters. The average Bonchev–Trinajstić information content (AvgIpc) is 2.98. The molecule has 0 spiro atoms. The fraction of sp³-hybridized carbons (Fsp3) is 0.417. The zero-order chi connectivity index (χ0) is 12.4. The summed E-state index contributed by atoms with van der Waals surface area (Å²) in [5, 5.41) is 7.49. The molecule has 0 radical (unpaired) electrons. The van der Waals surface area contributed by atoms with Crippen LogP contribution in [0.2, 0.25) is 0 Å². The smallest absolute Gasteiger partial charge is 0.132 e. The molecule has 0 saturated heterocycles. The van der Waals surface area contributed by atoms with Gasteiger partial charge < -0.3 is 11.1 Å². The lowest BCUT2D eigenvalue weighted by Gasteiger charge is -2.09. The summed E-state index contributed by atoms with van der Waals surface area (Å²) in [6.07, 6.45) is 8.45. The third kappa shape index (κ3) is 2.13. The van der Waals surface area contributed by atoms with E-state index in [4.69, 9.17) is 5.73 Å². The highest BCUT2D eigenvalue weighted by atomic mass is 15.3. The van der Waals surface area contributed by atoms with E-state index in [9.17, 15) is 0 Å². The zero-order valence-electron chi connectivity index (χ0n) is 10.1. The first-order valence-corrected chi connectivity index (χ1v) is 6.17. The Balaban J connectivity index is 1.62. The lowest BCUT2D eigenvalue weighted by atomic mass is 10.2. The van der Waals surface area contributed by atoms with E-state index < -0.39 is 0 Å². The van der Waals surface area contributed by atoms with E-state index in [-0.39, 0.29) is 0 Å². The number of hydrogen-bond donors (Lipinski definition) is 2. The Bertz CT molecular complexity index is 547. The van der Waals surface area contributed by atoms with Crippen molar-refractivity contribution >= 4 is 11.5 Å². The van der Waals surface area contributed by atoms with Gasteiger partial charge >= 0.3 is 0 Å². The van der Waals surface area contributed by atoms with Crippen LogP contribution in [0.5, 0.6) is 0 Å².